The zero-order valence-electron chi connectivity index (χ0n) is 30.5. The molecule has 3 aromatic carbocycles. The number of unbranched alkanes of at least 4 members (excludes halogenated alkanes) is 2. The number of methoxy groups -OCH3 is 1. The molecular weight excluding hydrogens is 730 g/mol. The number of nitrogens with one attached hydrogen (secondary N) is 2. The SMILES string of the molecule is COc1cccc2c1C(=O)c1c(O)c3c(c(O)c1C2=O)CC(/C(CO)=N/NC(=O)c1ccc(NC(=O)CCCCCN(C)C(=O)/C=C\C=O)cc1[N+](=O)[O-])CC3. The van der Waals surface area contributed by atoms with Crippen LogP contribution in [0.3, 0.4) is 0 Å². The minimum absolute atomic E-state index is 0.00214. The number of nitro benzene ring substituents is 1. The molecule has 5 N–H and O–H groups in total. The predicted octanol–water partition coefficient (Wildman–Crippen LogP) is 3.39. The van der Waals surface area contributed by atoms with Gasteiger partial charge in [0.25, 0.3) is 11.6 Å². The number of rotatable bonds is 15. The molecule has 0 fully saturated rings. The number of carbonyl (C=O) groups is 6. The number of aromatic hydroxyl groups is 2. The first-order valence-corrected chi connectivity index (χ1v) is 17.6. The predicted molar refractivity (Wildman–Crippen MR) is 200 cm³/mol. The molecule has 0 radical (unpaired) electrons. The Hall–Kier alpha value is -6.75. The summed E-state index contributed by atoms with van der Waals surface area (Å²) in [5, 5.41) is 51.4. The number of amides is 3. The van der Waals surface area contributed by atoms with Crippen molar-refractivity contribution in [3.63, 3.8) is 0 Å². The van der Waals surface area contributed by atoms with Crippen LogP contribution in [0.1, 0.15) is 85.4 Å². The third-order valence-corrected chi connectivity index (χ3v) is 9.77. The van der Waals surface area contributed by atoms with E-state index in [9.17, 15) is 54.2 Å². The van der Waals surface area contributed by atoms with Crippen molar-refractivity contribution in [2.75, 3.05) is 32.6 Å². The van der Waals surface area contributed by atoms with Gasteiger partial charge in [-0.1, -0.05) is 18.6 Å². The second-order valence-corrected chi connectivity index (χ2v) is 13.2. The van der Waals surface area contributed by atoms with Gasteiger partial charge in [-0.05, 0) is 56.4 Å². The summed E-state index contributed by atoms with van der Waals surface area (Å²) in [6, 6.07) is 7.95. The molecule has 292 valence electrons. The van der Waals surface area contributed by atoms with Crippen molar-refractivity contribution in [3.05, 3.63) is 97.6 Å². The number of anilines is 1. The van der Waals surface area contributed by atoms with Gasteiger partial charge >= 0.3 is 0 Å². The number of phenols is 2. The normalized spacial score (nSPS) is 14.7. The zero-order valence-corrected chi connectivity index (χ0v) is 30.5. The molecule has 0 bridgehead atoms. The molecule has 17 heteroatoms. The molecule has 5 rings (SSSR count). The molecule has 1 unspecified atom stereocenters. The summed E-state index contributed by atoms with van der Waals surface area (Å²) < 4.78 is 5.27. The number of hydrogen-bond acceptors (Lipinski definition) is 13. The van der Waals surface area contributed by atoms with Crippen LogP contribution in [0.2, 0.25) is 0 Å². The number of ketones is 2. The summed E-state index contributed by atoms with van der Waals surface area (Å²) in [7, 11) is 2.93. The average molecular weight is 770 g/mol. The summed E-state index contributed by atoms with van der Waals surface area (Å²) in [6.45, 7) is -0.228. The number of hydrazone groups is 1. The van der Waals surface area contributed by atoms with Gasteiger partial charge in [-0.25, -0.2) is 5.43 Å². The number of allylic oxidation sites excluding steroid dienone is 1. The van der Waals surface area contributed by atoms with Crippen molar-refractivity contribution in [1.82, 2.24) is 10.3 Å². The van der Waals surface area contributed by atoms with Crippen LogP contribution in [-0.4, -0.2) is 93.7 Å². The highest BCUT2D eigenvalue weighted by atomic mass is 16.6. The van der Waals surface area contributed by atoms with Crippen molar-refractivity contribution in [2.24, 2.45) is 11.0 Å². The number of hydrogen-bond donors (Lipinski definition) is 5. The maximum Gasteiger partial charge on any atom is 0.284 e. The number of likely N-dealkylation sites (N-methyl/N-ethyl adjacent to an activating group) is 1. The van der Waals surface area contributed by atoms with Gasteiger partial charge in [0.1, 0.15) is 29.1 Å². The zero-order chi connectivity index (χ0) is 40.7. The Morgan fingerprint density at radius 1 is 1.04 bits per heavy atom. The number of nitrogens with zero attached hydrogens (tertiary/aromatic N) is 3. The molecule has 2 aliphatic rings. The van der Waals surface area contributed by atoms with Gasteiger partial charge < -0.3 is 30.3 Å². The van der Waals surface area contributed by atoms with Gasteiger partial charge in [0.05, 0.1) is 41.0 Å². The lowest BCUT2D eigenvalue weighted by atomic mass is 9.74. The van der Waals surface area contributed by atoms with Crippen LogP contribution in [0.25, 0.3) is 0 Å². The van der Waals surface area contributed by atoms with Crippen molar-refractivity contribution in [1.29, 1.82) is 0 Å². The largest absolute Gasteiger partial charge is 0.507 e. The molecule has 17 nitrogen and oxygen atoms in total. The topological polar surface area (TPSA) is 255 Å². The summed E-state index contributed by atoms with van der Waals surface area (Å²) >= 11 is 0. The molecular formula is C39H39N5O12. The van der Waals surface area contributed by atoms with Gasteiger partial charge in [0.2, 0.25) is 17.6 Å². The molecule has 1 atom stereocenters. The van der Waals surface area contributed by atoms with Crippen molar-refractivity contribution in [3.8, 4) is 17.2 Å². The van der Waals surface area contributed by atoms with Gasteiger partial charge in [-0.3, -0.25) is 38.9 Å². The van der Waals surface area contributed by atoms with Crippen molar-refractivity contribution in [2.45, 2.75) is 44.9 Å². The van der Waals surface area contributed by atoms with Gasteiger partial charge in [-0.15, -0.1) is 0 Å². The minimum atomic E-state index is -0.977. The molecule has 0 heterocycles. The Kier molecular flexibility index (Phi) is 12.7. The number of ether oxygens (including phenoxy) is 1. The number of phenolic OH excluding ortho intramolecular Hbond substituents is 2. The van der Waals surface area contributed by atoms with Crippen LogP contribution >= 0.6 is 0 Å². The van der Waals surface area contributed by atoms with E-state index in [-0.39, 0.29) is 87.7 Å². The van der Waals surface area contributed by atoms with E-state index >= 15 is 0 Å². The molecule has 0 saturated heterocycles. The second kappa shape index (κ2) is 17.6. The van der Waals surface area contributed by atoms with Crippen LogP contribution in [0.15, 0.2) is 53.7 Å². The van der Waals surface area contributed by atoms with E-state index in [1.165, 1.54) is 36.3 Å². The fourth-order valence-electron chi connectivity index (χ4n) is 6.88. The number of aliphatic hydroxyl groups excluding tert-OH is 1. The Labute approximate surface area is 319 Å². The van der Waals surface area contributed by atoms with E-state index in [1.807, 2.05) is 0 Å². The Bertz CT molecular complexity index is 2190. The highest BCUT2D eigenvalue weighted by Crippen LogP contribution is 2.47. The second-order valence-electron chi connectivity index (χ2n) is 13.2. The summed E-state index contributed by atoms with van der Waals surface area (Å²) in [6.07, 6.45) is 4.89. The number of benzene rings is 3. The van der Waals surface area contributed by atoms with E-state index < -0.39 is 58.0 Å². The van der Waals surface area contributed by atoms with Gasteiger partial charge in [0.15, 0.2) is 5.78 Å². The lowest BCUT2D eigenvalue weighted by molar-refractivity contribution is -0.385. The summed E-state index contributed by atoms with van der Waals surface area (Å²) in [5.41, 5.74) is 1.11. The third-order valence-electron chi connectivity index (χ3n) is 9.77. The maximum absolute atomic E-state index is 13.6. The minimum Gasteiger partial charge on any atom is -0.507 e. The average Bonchev–Trinajstić information content (AvgIpc) is 3.19. The number of fused-ring (bicyclic) bond motifs is 3. The fraction of sp³-hybridized carbons (Fsp3) is 0.308. The monoisotopic (exact) mass is 769 g/mol. The molecule has 0 aromatic heterocycles. The Morgan fingerprint density at radius 3 is 2.46 bits per heavy atom. The number of carbonyl (C=O) groups excluding carboxylic acids is 6. The molecule has 2 aliphatic carbocycles. The van der Waals surface area contributed by atoms with E-state index in [1.54, 1.807) is 7.05 Å². The van der Waals surface area contributed by atoms with Crippen LogP contribution in [-0.2, 0) is 27.2 Å². The number of aldehydes is 1. The first-order chi connectivity index (χ1) is 26.8. The number of aliphatic hydroxyl groups is 1. The molecule has 3 aromatic rings. The highest BCUT2D eigenvalue weighted by molar-refractivity contribution is 6.31. The Balaban J connectivity index is 1.24. The summed E-state index contributed by atoms with van der Waals surface area (Å²) in [5.74, 6) is -4.47. The quantitative estimate of drug-likeness (QED) is 0.0222. The molecule has 0 spiro atoms. The molecule has 0 aliphatic heterocycles. The van der Waals surface area contributed by atoms with Crippen molar-refractivity contribution < 1.29 is 53.7 Å². The fourth-order valence-corrected chi connectivity index (χ4v) is 6.88. The van der Waals surface area contributed by atoms with Crippen LogP contribution in [0.4, 0.5) is 11.4 Å². The van der Waals surface area contributed by atoms with Gasteiger partial charge in [0, 0.05) is 60.5 Å². The van der Waals surface area contributed by atoms with E-state index in [4.69, 9.17) is 4.74 Å². The lowest BCUT2D eigenvalue weighted by Crippen LogP contribution is -2.30. The van der Waals surface area contributed by atoms with E-state index in [2.05, 4.69) is 15.8 Å². The highest BCUT2D eigenvalue weighted by Gasteiger charge is 2.41. The standard InChI is InChI=1S/C39H39N5O12/c1-43(31(48)11-7-17-45)16-5-3-4-10-30(47)40-22-13-15-24(28(19-22)44(54)55)39(53)42-41-27(20-46)21-12-14-23-26(18-21)37(51)33-34(35(23)49)38(52)32-25(36(33)50)8-6-9-29(32)56-2/h6-9,11,13,15,17,19,21,46,49,51H,3-5,10,12,14,16,18,20H2,1-2H3,(H,40,47)(H,42,53)/b11-7-,41-27+. The third kappa shape index (κ3) is 8.32. The van der Waals surface area contributed by atoms with E-state index in [0.29, 0.717) is 32.1 Å². The Morgan fingerprint density at radius 2 is 1.77 bits per heavy atom. The molecule has 56 heavy (non-hydrogen) atoms. The van der Waals surface area contributed by atoms with Gasteiger partial charge in [-0.2, -0.15) is 5.10 Å². The summed E-state index contributed by atoms with van der Waals surface area (Å²) in [4.78, 5) is 87.5. The first-order valence-electron chi connectivity index (χ1n) is 17.6. The first kappa shape index (κ1) is 40.4. The lowest BCUT2D eigenvalue weighted by Gasteiger charge is -2.30. The molecule has 3 amide bonds. The van der Waals surface area contributed by atoms with Crippen LogP contribution < -0.4 is 15.5 Å². The van der Waals surface area contributed by atoms with E-state index in [0.717, 1.165) is 24.3 Å². The van der Waals surface area contributed by atoms with Crippen LogP contribution in [0, 0.1) is 16.0 Å². The smallest absolute Gasteiger partial charge is 0.284 e. The van der Waals surface area contributed by atoms with Crippen LogP contribution in [0.5, 0.6) is 17.2 Å². The van der Waals surface area contributed by atoms with Crippen molar-refractivity contribution >= 4 is 52.7 Å². The maximum atomic E-state index is 13.6. The number of nitro groups is 1. The molecule has 0 saturated carbocycles.